The largest absolute Gasteiger partial charge is 0.478 e. The molecule has 0 aliphatic heterocycles. The zero-order chi connectivity index (χ0) is 12.3. The van der Waals surface area contributed by atoms with Crippen LogP contribution in [0.15, 0.2) is 6.20 Å². The molecule has 0 spiro atoms. The second-order valence-corrected chi connectivity index (χ2v) is 4.31. The highest BCUT2D eigenvalue weighted by molar-refractivity contribution is 5.88. The first-order valence-corrected chi connectivity index (χ1v) is 4.95. The van der Waals surface area contributed by atoms with Gasteiger partial charge in [-0.2, -0.15) is 0 Å². The molecule has 5 heteroatoms. The summed E-state index contributed by atoms with van der Waals surface area (Å²) in [6, 6.07) is 0. The molecule has 0 saturated carbocycles. The van der Waals surface area contributed by atoms with E-state index in [1.54, 1.807) is 14.0 Å². The fraction of sp³-hybridized carbons (Fsp3) is 0.545. The average Bonchev–Trinajstić information content (AvgIpc) is 2.16. The van der Waals surface area contributed by atoms with Gasteiger partial charge in [0, 0.05) is 18.7 Å². The van der Waals surface area contributed by atoms with E-state index in [1.165, 1.54) is 6.20 Å². The number of aromatic carboxylic acids is 1. The maximum absolute atomic E-state index is 10.8. The first kappa shape index (κ1) is 12.6. The quantitative estimate of drug-likeness (QED) is 0.837. The van der Waals surface area contributed by atoms with Crippen molar-refractivity contribution in [3.05, 3.63) is 23.3 Å². The smallest absolute Gasteiger partial charge is 0.339 e. The van der Waals surface area contributed by atoms with Gasteiger partial charge >= 0.3 is 5.97 Å². The van der Waals surface area contributed by atoms with Crippen molar-refractivity contribution in [1.82, 2.24) is 9.97 Å². The van der Waals surface area contributed by atoms with Gasteiger partial charge in [-0.3, -0.25) is 0 Å². The molecule has 0 saturated heterocycles. The van der Waals surface area contributed by atoms with E-state index in [2.05, 4.69) is 9.97 Å². The Morgan fingerprint density at radius 3 is 2.62 bits per heavy atom. The molecular weight excluding hydrogens is 208 g/mol. The molecule has 5 nitrogen and oxygen atoms in total. The summed E-state index contributed by atoms with van der Waals surface area (Å²) in [6.45, 7) is 6.05. The minimum atomic E-state index is -1.01. The van der Waals surface area contributed by atoms with E-state index < -0.39 is 5.97 Å². The van der Waals surface area contributed by atoms with E-state index in [4.69, 9.17) is 9.84 Å². The average molecular weight is 224 g/mol. The molecular formula is C11H16N2O3. The summed E-state index contributed by atoms with van der Waals surface area (Å²) in [4.78, 5) is 19.1. The fourth-order valence-electron chi connectivity index (χ4n) is 1.43. The molecule has 0 aliphatic carbocycles. The van der Waals surface area contributed by atoms with E-state index in [0.29, 0.717) is 18.1 Å². The maximum Gasteiger partial charge on any atom is 0.339 e. The monoisotopic (exact) mass is 224 g/mol. The fourth-order valence-corrected chi connectivity index (χ4v) is 1.43. The van der Waals surface area contributed by atoms with Crippen molar-refractivity contribution in [1.29, 1.82) is 0 Å². The summed E-state index contributed by atoms with van der Waals surface area (Å²) in [5, 5.41) is 8.86. The Labute approximate surface area is 94.5 Å². The van der Waals surface area contributed by atoms with Crippen LogP contribution in [-0.4, -0.2) is 34.8 Å². The molecule has 88 valence electrons. The summed E-state index contributed by atoms with van der Waals surface area (Å²) in [5.41, 5.74) is 0.287. The Hall–Kier alpha value is -1.49. The SMILES string of the molecule is COCC(C)(C)c1ncc(C(=O)O)c(C)n1. The summed E-state index contributed by atoms with van der Waals surface area (Å²) >= 11 is 0. The van der Waals surface area contributed by atoms with Crippen molar-refractivity contribution >= 4 is 5.97 Å². The predicted octanol–water partition coefficient (Wildman–Crippen LogP) is 1.41. The van der Waals surface area contributed by atoms with Crippen LogP contribution >= 0.6 is 0 Å². The third kappa shape index (κ3) is 2.55. The molecule has 0 fully saturated rings. The van der Waals surface area contributed by atoms with Crippen molar-refractivity contribution in [3.63, 3.8) is 0 Å². The van der Waals surface area contributed by atoms with Gasteiger partial charge in [0.25, 0.3) is 0 Å². The molecule has 1 aromatic heterocycles. The van der Waals surface area contributed by atoms with Gasteiger partial charge in [0.2, 0.25) is 0 Å². The number of hydrogen-bond donors (Lipinski definition) is 1. The summed E-state index contributed by atoms with van der Waals surface area (Å²) < 4.78 is 5.08. The first-order chi connectivity index (χ1) is 7.38. The number of aryl methyl sites for hydroxylation is 1. The van der Waals surface area contributed by atoms with Gasteiger partial charge in [-0.15, -0.1) is 0 Å². The number of ether oxygens (including phenoxy) is 1. The maximum atomic E-state index is 10.8. The number of carboxylic acid groups (broad SMARTS) is 1. The first-order valence-electron chi connectivity index (χ1n) is 4.95. The van der Waals surface area contributed by atoms with Crippen LogP contribution in [0.1, 0.15) is 35.7 Å². The number of carboxylic acids is 1. The molecule has 0 aromatic carbocycles. The summed E-state index contributed by atoms with van der Waals surface area (Å²) in [7, 11) is 1.61. The van der Waals surface area contributed by atoms with Crippen LogP contribution < -0.4 is 0 Å². The highest BCUT2D eigenvalue weighted by Crippen LogP contribution is 2.20. The predicted molar refractivity (Wildman–Crippen MR) is 58.6 cm³/mol. The summed E-state index contributed by atoms with van der Waals surface area (Å²) in [5.74, 6) is -0.412. The standard InChI is InChI=1S/C11H16N2O3/c1-7-8(9(14)15)5-12-10(13-7)11(2,3)6-16-4/h5H,6H2,1-4H3,(H,14,15). The lowest BCUT2D eigenvalue weighted by molar-refractivity contribution is 0.0694. The van der Waals surface area contributed by atoms with E-state index >= 15 is 0 Å². The van der Waals surface area contributed by atoms with Gasteiger partial charge in [0.1, 0.15) is 5.82 Å². The molecule has 1 rings (SSSR count). The van der Waals surface area contributed by atoms with Gasteiger partial charge in [-0.1, -0.05) is 13.8 Å². The van der Waals surface area contributed by atoms with Crippen molar-refractivity contribution in [2.45, 2.75) is 26.2 Å². The third-order valence-electron chi connectivity index (χ3n) is 2.32. The van der Waals surface area contributed by atoms with E-state index in [-0.39, 0.29) is 11.0 Å². The molecule has 0 unspecified atom stereocenters. The zero-order valence-electron chi connectivity index (χ0n) is 9.94. The lowest BCUT2D eigenvalue weighted by Crippen LogP contribution is -2.27. The van der Waals surface area contributed by atoms with Crippen LogP contribution in [0, 0.1) is 6.92 Å². The van der Waals surface area contributed by atoms with Crippen LogP contribution in [0.25, 0.3) is 0 Å². The van der Waals surface area contributed by atoms with Crippen molar-refractivity contribution in [2.24, 2.45) is 0 Å². The van der Waals surface area contributed by atoms with Crippen molar-refractivity contribution in [2.75, 3.05) is 13.7 Å². The van der Waals surface area contributed by atoms with Crippen LogP contribution in [-0.2, 0) is 10.2 Å². The Morgan fingerprint density at radius 1 is 1.56 bits per heavy atom. The number of nitrogens with zero attached hydrogens (tertiary/aromatic N) is 2. The van der Waals surface area contributed by atoms with Gasteiger partial charge in [0.15, 0.2) is 0 Å². The van der Waals surface area contributed by atoms with Crippen LogP contribution in [0.3, 0.4) is 0 Å². The molecule has 1 heterocycles. The van der Waals surface area contributed by atoms with E-state index in [9.17, 15) is 4.79 Å². The molecule has 0 amide bonds. The van der Waals surface area contributed by atoms with E-state index in [0.717, 1.165) is 0 Å². The second kappa shape index (κ2) is 4.57. The van der Waals surface area contributed by atoms with Gasteiger partial charge in [-0.05, 0) is 6.92 Å². The molecule has 0 radical (unpaired) electrons. The van der Waals surface area contributed by atoms with Crippen LogP contribution in [0.2, 0.25) is 0 Å². The lowest BCUT2D eigenvalue weighted by Gasteiger charge is -2.22. The zero-order valence-corrected chi connectivity index (χ0v) is 9.94. The van der Waals surface area contributed by atoms with Crippen molar-refractivity contribution < 1.29 is 14.6 Å². The Morgan fingerprint density at radius 2 is 2.19 bits per heavy atom. The van der Waals surface area contributed by atoms with Gasteiger partial charge in [-0.25, -0.2) is 14.8 Å². The second-order valence-electron chi connectivity index (χ2n) is 4.31. The number of hydrogen-bond acceptors (Lipinski definition) is 4. The highest BCUT2D eigenvalue weighted by Gasteiger charge is 2.25. The van der Waals surface area contributed by atoms with Crippen LogP contribution in [0.4, 0.5) is 0 Å². The Kier molecular flexibility index (Phi) is 3.59. The lowest BCUT2D eigenvalue weighted by atomic mass is 9.93. The topological polar surface area (TPSA) is 72.3 Å². The Balaban J connectivity index is 3.10. The normalized spacial score (nSPS) is 11.5. The molecule has 0 aliphatic rings. The molecule has 16 heavy (non-hydrogen) atoms. The third-order valence-corrected chi connectivity index (χ3v) is 2.32. The van der Waals surface area contributed by atoms with Crippen LogP contribution in [0.5, 0.6) is 0 Å². The number of rotatable bonds is 4. The number of aromatic nitrogens is 2. The highest BCUT2D eigenvalue weighted by atomic mass is 16.5. The minimum absolute atomic E-state index is 0.136. The Bertz CT molecular complexity index is 402. The number of methoxy groups -OCH3 is 1. The molecule has 0 atom stereocenters. The van der Waals surface area contributed by atoms with Crippen molar-refractivity contribution in [3.8, 4) is 0 Å². The molecule has 0 bridgehead atoms. The van der Waals surface area contributed by atoms with E-state index in [1.807, 2.05) is 13.8 Å². The molecule has 1 N–H and O–H groups in total. The van der Waals surface area contributed by atoms with Gasteiger partial charge in [0.05, 0.1) is 17.9 Å². The number of carbonyl (C=O) groups is 1. The minimum Gasteiger partial charge on any atom is -0.478 e. The molecule has 1 aromatic rings. The summed E-state index contributed by atoms with van der Waals surface area (Å²) in [6.07, 6.45) is 1.34. The van der Waals surface area contributed by atoms with Gasteiger partial charge < -0.3 is 9.84 Å².